The predicted molar refractivity (Wildman–Crippen MR) is 141 cm³/mol. The van der Waals surface area contributed by atoms with Gasteiger partial charge in [-0.25, -0.2) is 4.79 Å². The van der Waals surface area contributed by atoms with E-state index in [2.05, 4.69) is 10.6 Å². The van der Waals surface area contributed by atoms with Crippen LogP contribution in [0.25, 0.3) is 0 Å². The third kappa shape index (κ3) is 7.66. The fourth-order valence-electron chi connectivity index (χ4n) is 4.27. The van der Waals surface area contributed by atoms with E-state index in [9.17, 15) is 19.5 Å². The quantitative estimate of drug-likeness (QED) is 0.435. The van der Waals surface area contributed by atoms with Crippen LogP contribution < -0.4 is 10.6 Å². The van der Waals surface area contributed by atoms with Gasteiger partial charge in [-0.05, 0) is 37.8 Å². The summed E-state index contributed by atoms with van der Waals surface area (Å²) < 4.78 is 0. The molecule has 35 heavy (non-hydrogen) atoms. The number of aryl methyl sites for hydroxylation is 1. The first kappa shape index (κ1) is 30.4. The zero-order valence-electron chi connectivity index (χ0n) is 23.3. The van der Waals surface area contributed by atoms with E-state index in [1.165, 1.54) is 6.92 Å². The number of likely N-dealkylation sites (N-methyl/N-ethyl adjacent to an activating group) is 2. The Morgan fingerprint density at radius 3 is 1.91 bits per heavy atom. The molecular formula is C28H45N3O4. The highest BCUT2D eigenvalue weighted by Gasteiger charge is 2.41. The summed E-state index contributed by atoms with van der Waals surface area (Å²) in [5.74, 6) is -1.56. The molecule has 3 N–H and O–H groups in total. The number of hydrogen-bond acceptors (Lipinski definition) is 4. The number of nitrogens with zero attached hydrogens (tertiary/aromatic N) is 1. The summed E-state index contributed by atoms with van der Waals surface area (Å²) in [6.45, 7) is 17.2. The molecule has 0 heterocycles. The van der Waals surface area contributed by atoms with Crippen LogP contribution in [0.5, 0.6) is 0 Å². The van der Waals surface area contributed by atoms with Gasteiger partial charge in [-0.15, -0.1) is 0 Å². The molecule has 1 aromatic rings. The maximum Gasteiger partial charge on any atom is 0.331 e. The molecule has 0 radical (unpaired) electrons. The van der Waals surface area contributed by atoms with Crippen LogP contribution in [-0.2, 0) is 19.8 Å². The molecule has 0 saturated heterocycles. The van der Waals surface area contributed by atoms with Crippen LogP contribution in [0.2, 0.25) is 0 Å². The molecule has 0 fully saturated rings. The Labute approximate surface area is 211 Å². The molecule has 0 aliphatic carbocycles. The lowest BCUT2D eigenvalue weighted by molar-refractivity contribution is -0.141. The Morgan fingerprint density at radius 2 is 1.51 bits per heavy atom. The van der Waals surface area contributed by atoms with E-state index in [0.29, 0.717) is 0 Å². The summed E-state index contributed by atoms with van der Waals surface area (Å²) in [7, 11) is 3.41. The molecule has 0 saturated carbocycles. The molecular weight excluding hydrogens is 442 g/mol. The number of carbonyl (C=O) groups is 3. The topological polar surface area (TPSA) is 98.7 Å². The average Bonchev–Trinajstić information content (AvgIpc) is 2.74. The van der Waals surface area contributed by atoms with Crippen LogP contribution in [0.1, 0.15) is 66.5 Å². The molecule has 0 aliphatic rings. The second-order valence-electron chi connectivity index (χ2n) is 11.5. The monoisotopic (exact) mass is 487 g/mol. The van der Waals surface area contributed by atoms with Gasteiger partial charge in [0.2, 0.25) is 11.8 Å². The van der Waals surface area contributed by atoms with E-state index in [1.807, 2.05) is 79.7 Å². The van der Waals surface area contributed by atoms with Gasteiger partial charge in [0.05, 0.1) is 12.1 Å². The van der Waals surface area contributed by atoms with Crippen molar-refractivity contribution in [2.45, 2.75) is 85.9 Å². The minimum absolute atomic E-state index is 0.0138. The van der Waals surface area contributed by atoms with Gasteiger partial charge in [0.15, 0.2) is 0 Å². The highest BCUT2D eigenvalue weighted by Crippen LogP contribution is 2.29. The Morgan fingerprint density at radius 1 is 1.00 bits per heavy atom. The summed E-state index contributed by atoms with van der Waals surface area (Å²) in [5.41, 5.74) is 1.23. The first-order valence-electron chi connectivity index (χ1n) is 12.2. The lowest BCUT2D eigenvalue weighted by Crippen LogP contribution is -2.61. The Balaban J connectivity index is 3.30. The van der Waals surface area contributed by atoms with Gasteiger partial charge in [-0.2, -0.15) is 0 Å². The second kappa shape index (κ2) is 11.8. The number of aliphatic carboxylic acids is 1. The van der Waals surface area contributed by atoms with E-state index in [-0.39, 0.29) is 23.3 Å². The lowest BCUT2D eigenvalue weighted by Gasteiger charge is -2.40. The van der Waals surface area contributed by atoms with Crippen LogP contribution in [0.4, 0.5) is 0 Å². The number of amides is 2. The molecule has 0 aliphatic heterocycles. The predicted octanol–water partition coefficient (Wildman–Crippen LogP) is 3.91. The molecule has 196 valence electrons. The second-order valence-corrected chi connectivity index (χ2v) is 11.5. The van der Waals surface area contributed by atoms with Gasteiger partial charge in [0.25, 0.3) is 0 Å². The molecule has 1 unspecified atom stereocenters. The largest absolute Gasteiger partial charge is 0.478 e. The summed E-state index contributed by atoms with van der Waals surface area (Å²) in [6.07, 6.45) is 1.60. The van der Waals surface area contributed by atoms with Crippen molar-refractivity contribution in [3.05, 3.63) is 47.0 Å². The lowest BCUT2D eigenvalue weighted by atomic mass is 9.76. The molecule has 7 heteroatoms. The SMILES string of the molecule is CNC(C(=O)N[C@H](C(=O)N(C)[C@H](/C=C(\C)C(=O)O)C(C)C)C(C)(C)C)C(C)(C)c1ccc(C)cc1. The summed E-state index contributed by atoms with van der Waals surface area (Å²) in [6, 6.07) is 6.29. The minimum Gasteiger partial charge on any atom is -0.478 e. The fourth-order valence-corrected chi connectivity index (χ4v) is 4.27. The molecule has 1 rings (SSSR count). The number of benzene rings is 1. The van der Waals surface area contributed by atoms with Crippen molar-refractivity contribution < 1.29 is 19.5 Å². The van der Waals surface area contributed by atoms with Crippen LogP contribution >= 0.6 is 0 Å². The molecule has 2 amide bonds. The maximum atomic E-state index is 13.7. The number of carbonyl (C=O) groups excluding carboxylic acids is 2. The third-order valence-corrected chi connectivity index (χ3v) is 6.70. The Kier molecular flexibility index (Phi) is 10.3. The number of carboxylic acid groups (broad SMARTS) is 1. The van der Waals surface area contributed by atoms with E-state index in [4.69, 9.17) is 0 Å². The van der Waals surface area contributed by atoms with Gasteiger partial charge in [0, 0.05) is 18.0 Å². The van der Waals surface area contributed by atoms with Crippen molar-refractivity contribution in [3.8, 4) is 0 Å². The van der Waals surface area contributed by atoms with Crippen molar-refractivity contribution >= 4 is 17.8 Å². The first-order chi connectivity index (χ1) is 15.9. The fraction of sp³-hybridized carbons (Fsp3) is 0.607. The van der Waals surface area contributed by atoms with Crippen molar-refractivity contribution in [2.75, 3.05) is 14.1 Å². The zero-order valence-corrected chi connectivity index (χ0v) is 23.3. The van der Waals surface area contributed by atoms with Crippen molar-refractivity contribution in [2.24, 2.45) is 11.3 Å². The highest BCUT2D eigenvalue weighted by molar-refractivity contribution is 5.91. The van der Waals surface area contributed by atoms with Crippen LogP contribution in [0, 0.1) is 18.3 Å². The number of hydrogen-bond donors (Lipinski definition) is 3. The maximum absolute atomic E-state index is 13.7. The van der Waals surface area contributed by atoms with Gasteiger partial charge in [-0.3, -0.25) is 9.59 Å². The van der Waals surface area contributed by atoms with Crippen molar-refractivity contribution in [1.82, 2.24) is 15.5 Å². The van der Waals surface area contributed by atoms with Gasteiger partial charge in [0.1, 0.15) is 6.04 Å². The van der Waals surface area contributed by atoms with Crippen LogP contribution in [0.15, 0.2) is 35.9 Å². The van der Waals surface area contributed by atoms with Crippen molar-refractivity contribution in [1.29, 1.82) is 0 Å². The van der Waals surface area contributed by atoms with Crippen molar-refractivity contribution in [3.63, 3.8) is 0 Å². The normalized spacial score (nSPS) is 15.4. The number of carboxylic acids is 1. The summed E-state index contributed by atoms with van der Waals surface area (Å²) in [5, 5.41) is 15.5. The average molecular weight is 488 g/mol. The number of rotatable bonds is 10. The zero-order chi connectivity index (χ0) is 27.3. The molecule has 7 nitrogen and oxygen atoms in total. The van der Waals surface area contributed by atoms with Gasteiger partial charge >= 0.3 is 5.97 Å². The van der Waals surface area contributed by atoms with Gasteiger partial charge < -0.3 is 20.6 Å². The molecule has 0 aromatic heterocycles. The van der Waals surface area contributed by atoms with E-state index in [1.54, 1.807) is 25.1 Å². The summed E-state index contributed by atoms with van der Waals surface area (Å²) in [4.78, 5) is 40.2. The van der Waals surface area contributed by atoms with E-state index >= 15 is 0 Å². The third-order valence-electron chi connectivity index (χ3n) is 6.70. The van der Waals surface area contributed by atoms with Crippen LogP contribution in [-0.4, -0.2) is 60.0 Å². The van der Waals surface area contributed by atoms with Gasteiger partial charge in [-0.1, -0.05) is 84.4 Å². The number of nitrogens with one attached hydrogen (secondary N) is 2. The molecule has 1 aromatic carbocycles. The smallest absolute Gasteiger partial charge is 0.331 e. The molecule has 0 bridgehead atoms. The summed E-state index contributed by atoms with van der Waals surface area (Å²) >= 11 is 0. The van der Waals surface area contributed by atoms with E-state index < -0.39 is 34.9 Å². The highest BCUT2D eigenvalue weighted by atomic mass is 16.4. The first-order valence-corrected chi connectivity index (χ1v) is 12.2. The Hall–Kier alpha value is -2.67. The molecule has 3 atom stereocenters. The Bertz CT molecular complexity index is 927. The van der Waals surface area contributed by atoms with E-state index in [0.717, 1.165) is 11.1 Å². The van der Waals surface area contributed by atoms with Crippen LogP contribution in [0.3, 0.4) is 0 Å². The standard InChI is InChI=1S/C28H45N3O4/c1-17(2)21(16-19(4)26(34)35)31(11)25(33)23(27(5,6)7)30-24(32)22(29-10)28(8,9)20-14-12-18(3)13-15-20/h12-17,21-23,29H,1-11H3,(H,30,32)(H,34,35)/b19-16+/t21-,22?,23-/m1/s1. The minimum atomic E-state index is -1.02. The molecule has 0 spiro atoms.